The second-order valence-electron chi connectivity index (χ2n) is 10.1. The maximum atomic E-state index is 12.3. The van der Waals surface area contributed by atoms with Crippen LogP contribution >= 0.6 is 11.6 Å². The molecule has 0 amide bonds. The zero-order valence-corrected chi connectivity index (χ0v) is 25.3. The van der Waals surface area contributed by atoms with Gasteiger partial charge in [0, 0.05) is 24.1 Å². The average molecular weight is 617 g/mol. The first-order valence-corrected chi connectivity index (χ1v) is 16.2. The Labute approximate surface area is 252 Å². The highest BCUT2D eigenvalue weighted by molar-refractivity contribution is 7.90. The molecule has 0 aliphatic heterocycles. The number of carboxylic acid groups (broad SMARTS) is 2. The molecule has 42 heavy (non-hydrogen) atoms. The number of ether oxygens (including phenoxy) is 2. The summed E-state index contributed by atoms with van der Waals surface area (Å²) in [6.45, 7) is 0.695. The lowest BCUT2D eigenvalue weighted by Crippen LogP contribution is -2.07. The van der Waals surface area contributed by atoms with Crippen molar-refractivity contribution in [2.24, 2.45) is 0 Å². The number of aryl methyl sites for hydroxylation is 1. The zero-order chi connectivity index (χ0) is 30.5. The number of carboxylic acids is 2. The van der Waals surface area contributed by atoms with Crippen molar-refractivity contribution in [2.45, 2.75) is 62.7 Å². The van der Waals surface area contributed by atoms with Crippen molar-refractivity contribution in [2.75, 3.05) is 19.5 Å². The van der Waals surface area contributed by atoms with Gasteiger partial charge in [-0.2, -0.15) is 0 Å². The Morgan fingerprint density at radius 3 is 2.14 bits per heavy atom. The molecule has 0 saturated carbocycles. The van der Waals surface area contributed by atoms with E-state index in [1.165, 1.54) is 6.26 Å². The molecular formula is C32H37ClO8S. The van der Waals surface area contributed by atoms with E-state index in [0.717, 1.165) is 54.4 Å². The van der Waals surface area contributed by atoms with Crippen molar-refractivity contribution in [3.63, 3.8) is 0 Å². The molecule has 0 spiro atoms. The molecule has 0 heterocycles. The summed E-state index contributed by atoms with van der Waals surface area (Å²) in [5.41, 5.74) is 3.47. The Morgan fingerprint density at radius 2 is 1.45 bits per heavy atom. The summed E-state index contributed by atoms with van der Waals surface area (Å²) < 4.78 is 36.3. The first kappa shape index (κ1) is 32.9. The van der Waals surface area contributed by atoms with Crippen molar-refractivity contribution in [1.82, 2.24) is 0 Å². The van der Waals surface area contributed by atoms with Gasteiger partial charge in [-0.05, 0) is 90.8 Å². The Kier molecular flexibility index (Phi) is 12.7. The third-order valence-corrected chi connectivity index (χ3v) is 8.05. The third-order valence-electron chi connectivity index (χ3n) is 6.71. The molecule has 0 bridgehead atoms. The van der Waals surface area contributed by atoms with Crippen LogP contribution in [0.2, 0.25) is 5.02 Å². The minimum absolute atomic E-state index is 0.0138. The van der Waals surface area contributed by atoms with Gasteiger partial charge in [0.1, 0.15) is 11.5 Å². The van der Waals surface area contributed by atoms with Crippen molar-refractivity contribution < 1.29 is 37.7 Å². The van der Waals surface area contributed by atoms with Gasteiger partial charge in [-0.25, -0.2) is 8.42 Å². The fraction of sp³-hybridized carbons (Fsp3) is 0.375. The van der Waals surface area contributed by atoms with Gasteiger partial charge in [0.25, 0.3) is 0 Å². The van der Waals surface area contributed by atoms with Crippen LogP contribution in [0.3, 0.4) is 0 Å². The molecule has 0 atom stereocenters. The van der Waals surface area contributed by atoms with Crippen molar-refractivity contribution in [1.29, 1.82) is 0 Å². The van der Waals surface area contributed by atoms with E-state index in [9.17, 15) is 23.1 Å². The summed E-state index contributed by atoms with van der Waals surface area (Å²) in [6.07, 6.45) is 6.19. The molecule has 0 fully saturated rings. The number of halogens is 1. The molecule has 3 rings (SSSR count). The van der Waals surface area contributed by atoms with Gasteiger partial charge in [-0.3, -0.25) is 9.59 Å². The zero-order valence-electron chi connectivity index (χ0n) is 23.7. The van der Waals surface area contributed by atoms with Gasteiger partial charge in [-0.1, -0.05) is 48.7 Å². The van der Waals surface area contributed by atoms with E-state index in [1.54, 1.807) is 30.3 Å². The number of benzene rings is 3. The average Bonchev–Trinajstić information content (AvgIpc) is 2.93. The summed E-state index contributed by atoms with van der Waals surface area (Å²) in [5, 5.41) is 18.6. The van der Waals surface area contributed by atoms with E-state index in [-0.39, 0.29) is 24.3 Å². The highest BCUT2D eigenvalue weighted by Crippen LogP contribution is 2.30. The van der Waals surface area contributed by atoms with Crippen LogP contribution in [0.1, 0.15) is 56.1 Å². The van der Waals surface area contributed by atoms with Crippen LogP contribution in [0.4, 0.5) is 0 Å². The lowest BCUT2D eigenvalue weighted by molar-refractivity contribution is -0.138. The largest absolute Gasteiger partial charge is 0.494 e. The summed E-state index contributed by atoms with van der Waals surface area (Å²) in [6, 6.07) is 17.8. The number of aliphatic carboxylic acids is 2. The Balaban J connectivity index is 1.53. The lowest BCUT2D eigenvalue weighted by Gasteiger charge is -2.15. The second kappa shape index (κ2) is 16.2. The summed E-state index contributed by atoms with van der Waals surface area (Å²) >= 11 is 6.00. The van der Waals surface area contributed by atoms with E-state index in [4.69, 9.17) is 26.2 Å². The molecular weight excluding hydrogens is 580 g/mol. The molecule has 0 unspecified atom stereocenters. The second-order valence-corrected chi connectivity index (χ2v) is 12.6. The Morgan fingerprint density at radius 1 is 0.762 bits per heavy atom. The summed E-state index contributed by atoms with van der Waals surface area (Å²) in [5.74, 6) is -0.661. The standard InChI is InChI=1S/C32H37ClO8S/c1-42(38,39)28-21-25(23-12-14-26(33)15-13-23)20-27(22-28)40-18-5-3-2-4-8-24-9-6-10-30(29(24)16-17-32(36)37)41-19-7-11-31(34)35/h6,9-10,12-15,20-22H,2-5,7-8,11,16-19H2,1H3,(H,34,35)(H,36,37). The number of sulfone groups is 1. The molecule has 0 radical (unpaired) electrons. The van der Waals surface area contributed by atoms with Crippen LogP contribution in [0.15, 0.2) is 65.6 Å². The van der Waals surface area contributed by atoms with Gasteiger partial charge in [0.2, 0.25) is 0 Å². The van der Waals surface area contributed by atoms with Gasteiger partial charge >= 0.3 is 11.9 Å². The number of unbranched alkanes of at least 4 members (excludes halogenated alkanes) is 3. The molecule has 0 saturated heterocycles. The van der Waals surface area contributed by atoms with Crippen molar-refractivity contribution in [3.8, 4) is 22.6 Å². The molecule has 0 aliphatic rings. The fourth-order valence-corrected chi connectivity index (χ4v) is 5.34. The normalized spacial score (nSPS) is 11.3. The minimum Gasteiger partial charge on any atom is -0.494 e. The van der Waals surface area contributed by atoms with Crippen molar-refractivity contribution >= 4 is 33.4 Å². The van der Waals surface area contributed by atoms with Gasteiger partial charge in [0.05, 0.1) is 18.1 Å². The molecule has 10 heteroatoms. The number of hydrogen-bond donors (Lipinski definition) is 2. The topological polar surface area (TPSA) is 127 Å². The van der Waals surface area contributed by atoms with Crippen LogP contribution in [0.5, 0.6) is 11.5 Å². The summed E-state index contributed by atoms with van der Waals surface area (Å²) in [4.78, 5) is 22.2. The van der Waals surface area contributed by atoms with E-state index in [0.29, 0.717) is 36.0 Å². The summed E-state index contributed by atoms with van der Waals surface area (Å²) in [7, 11) is -3.43. The SMILES string of the molecule is CS(=O)(=O)c1cc(OCCCCCCc2cccc(OCCCC(=O)O)c2CCC(=O)O)cc(-c2ccc(Cl)cc2)c1. The molecule has 2 N–H and O–H groups in total. The predicted molar refractivity (Wildman–Crippen MR) is 162 cm³/mol. The smallest absolute Gasteiger partial charge is 0.303 e. The van der Waals surface area contributed by atoms with Gasteiger partial charge in [0.15, 0.2) is 9.84 Å². The number of rotatable bonds is 18. The van der Waals surface area contributed by atoms with E-state index >= 15 is 0 Å². The quantitative estimate of drug-likeness (QED) is 0.149. The number of hydrogen-bond acceptors (Lipinski definition) is 6. The molecule has 0 aromatic heterocycles. The highest BCUT2D eigenvalue weighted by Gasteiger charge is 2.14. The molecule has 3 aromatic carbocycles. The van der Waals surface area contributed by atoms with Gasteiger partial charge in [-0.15, -0.1) is 0 Å². The van der Waals surface area contributed by atoms with E-state index in [2.05, 4.69) is 0 Å². The first-order chi connectivity index (χ1) is 20.0. The van der Waals surface area contributed by atoms with Crippen LogP contribution in [-0.2, 0) is 32.3 Å². The van der Waals surface area contributed by atoms with Crippen molar-refractivity contribution in [3.05, 3.63) is 76.8 Å². The third kappa shape index (κ3) is 11.0. The first-order valence-electron chi connectivity index (χ1n) is 13.9. The lowest BCUT2D eigenvalue weighted by atomic mass is 9.97. The van der Waals surface area contributed by atoms with E-state index in [1.807, 2.05) is 30.3 Å². The van der Waals surface area contributed by atoms with Crippen LogP contribution in [-0.4, -0.2) is 50.0 Å². The van der Waals surface area contributed by atoms with Gasteiger partial charge < -0.3 is 19.7 Å². The molecule has 0 aliphatic carbocycles. The Hall–Kier alpha value is -3.56. The Bertz CT molecular complexity index is 1450. The maximum absolute atomic E-state index is 12.3. The van der Waals surface area contributed by atoms with Crippen LogP contribution in [0, 0.1) is 0 Å². The monoisotopic (exact) mass is 616 g/mol. The fourth-order valence-electron chi connectivity index (χ4n) is 4.54. The number of carbonyl (C=O) groups is 2. The molecule has 226 valence electrons. The predicted octanol–water partition coefficient (Wildman–Crippen LogP) is 6.85. The molecule has 8 nitrogen and oxygen atoms in total. The van der Waals surface area contributed by atoms with Crippen LogP contribution in [0.25, 0.3) is 11.1 Å². The highest BCUT2D eigenvalue weighted by atomic mass is 35.5. The van der Waals surface area contributed by atoms with Crippen LogP contribution < -0.4 is 9.47 Å². The maximum Gasteiger partial charge on any atom is 0.303 e. The van der Waals surface area contributed by atoms with E-state index < -0.39 is 21.8 Å². The minimum atomic E-state index is -3.43. The molecule has 3 aromatic rings.